The minimum Gasteiger partial charge on any atom is -0.408 e. The molecule has 0 fully saturated rings. The summed E-state index contributed by atoms with van der Waals surface area (Å²) in [5.74, 6) is 0. The molecule has 0 aliphatic heterocycles. The Hall–Kier alpha value is 0.710. The molecule has 0 spiro atoms. The van der Waals surface area contributed by atoms with E-state index in [1.165, 1.54) is 0 Å². The summed E-state index contributed by atoms with van der Waals surface area (Å²) in [6, 6.07) is 0. The minimum atomic E-state index is -4.26. The van der Waals surface area contributed by atoms with Gasteiger partial charge in [0.2, 0.25) is 0 Å². The van der Waals surface area contributed by atoms with E-state index in [4.69, 9.17) is 28.1 Å². The third-order valence-electron chi connectivity index (χ3n) is 0.582. The van der Waals surface area contributed by atoms with Gasteiger partial charge < -0.3 is 4.52 Å². The number of phosphoric ester groups is 1. The largest absolute Gasteiger partial charge is 0.554 e. The second-order valence-corrected chi connectivity index (χ2v) is 4.66. The zero-order valence-corrected chi connectivity index (χ0v) is 10.1. The predicted octanol–water partition coefficient (Wildman–Crippen LogP) is 2.72. The van der Waals surface area contributed by atoms with Crippen molar-refractivity contribution >= 4 is 47.0 Å². The Kier molecular flexibility index (Phi) is 7.45. The molecular weight excluding hydrogens is 310 g/mol. The molecule has 0 aromatic carbocycles. The molecule has 0 radical (unpaired) electrons. The molecule has 78 valence electrons. The number of phosphoric acid groups is 1. The molecule has 0 aromatic heterocycles. The molecule has 1 atom stereocenters. The quantitative estimate of drug-likeness (QED) is 0.204. The summed E-state index contributed by atoms with van der Waals surface area (Å²) in [7, 11) is -4.26. The molecule has 9 heteroatoms. The lowest BCUT2D eigenvalue weighted by atomic mass is 10.9. The van der Waals surface area contributed by atoms with Crippen molar-refractivity contribution in [2.75, 3.05) is 11.9 Å². The molecule has 1 N–H and O–H groups in total. The molecule has 1 unspecified atom stereocenters. The first kappa shape index (κ1) is 13.7. The van der Waals surface area contributed by atoms with Gasteiger partial charge >= 0.3 is 7.82 Å². The van der Waals surface area contributed by atoms with Crippen LogP contribution in [0.3, 0.4) is 0 Å². The van der Waals surface area contributed by atoms with Crippen LogP contribution in [-0.2, 0) is 18.7 Å². The van der Waals surface area contributed by atoms with Crippen LogP contribution in [0.5, 0.6) is 0 Å². The molecule has 0 saturated carbocycles. The van der Waals surface area contributed by atoms with Gasteiger partial charge in [0.25, 0.3) is 0 Å². The highest BCUT2D eigenvalue weighted by Gasteiger charge is 2.22. The smallest absolute Gasteiger partial charge is 0.408 e. The lowest BCUT2D eigenvalue weighted by Crippen LogP contribution is -1.96. The third kappa shape index (κ3) is 9.02. The Labute approximate surface area is 93.2 Å². The van der Waals surface area contributed by atoms with Crippen LogP contribution >= 0.6 is 47.0 Å². The standard InChI is InChI=1S/C4H6BrCl2O5P/c5-1-2-10-12-13(8,9)11-3-4(6)7/h3H,1-2H2,(H,8,9). The summed E-state index contributed by atoms with van der Waals surface area (Å²) >= 11 is 13.2. The van der Waals surface area contributed by atoms with E-state index < -0.39 is 7.82 Å². The average molecular weight is 316 g/mol. The Morgan fingerprint density at radius 1 is 1.62 bits per heavy atom. The fraction of sp³-hybridized carbons (Fsp3) is 0.500. The van der Waals surface area contributed by atoms with Crippen molar-refractivity contribution in [3.63, 3.8) is 0 Å². The lowest BCUT2D eigenvalue weighted by molar-refractivity contribution is -0.216. The van der Waals surface area contributed by atoms with Gasteiger partial charge in [-0.15, -0.1) is 4.67 Å². The summed E-state index contributed by atoms with van der Waals surface area (Å²) in [6.45, 7) is 0.103. The second kappa shape index (κ2) is 7.06. The van der Waals surface area contributed by atoms with Gasteiger partial charge in [0.15, 0.2) is 0 Å². The highest BCUT2D eigenvalue weighted by Crippen LogP contribution is 2.44. The molecule has 0 aliphatic rings. The van der Waals surface area contributed by atoms with Crippen molar-refractivity contribution in [3.8, 4) is 0 Å². The first-order valence-corrected chi connectivity index (χ1v) is 6.25. The van der Waals surface area contributed by atoms with Gasteiger partial charge in [0.1, 0.15) is 10.8 Å². The molecule has 0 aromatic rings. The van der Waals surface area contributed by atoms with E-state index in [2.05, 4.69) is 30.0 Å². The summed E-state index contributed by atoms with van der Waals surface area (Å²) in [4.78, 5) is 13.1. The zero-order chi connectivity index (χ0) is 10.3. The van der Waals surface area contributed by atoms with Crippen molar-refractivity contribution in [1.29, 1.82) is 0 Å². The van der Waals surface area contributed by atoms with Crippen molar-refractivity contribution in [2.24, 2.45) is 0 Å². The molecule has 13 heavy (non-hydrogen) atoms. The molecular formula is C4H6BrCl2O5P. The van der Waals surface area contributed by atoms with Crippen LogP contribution in [0.15, 0.2) is 10.8 Å². The fourth-order valence-electron chi connectivity index (χ4n) is 0.259. The van der Waals surface area contributed by atoms with Gasteiger partial charge in [0.05, 0.1) is 6.61 Å². The predicted molar refractivity (Wildman–Crippen MR) is 51.5 cm³/mol. The van der Waals surface area contributed by atoms with Crippen molar-refractivity contribution < 1.29 is 23.5 Å². The van der Waals surface area contributed by atoms with Gasteiger partial charge in [-0.3, -0.25) is 4.89 Å². The number of hydrogen-bond acceptors (Lipinski definition) is 4. The van der Waals surface area contributed by atoms with Gasteiger partial charge in [-0.2, -0.15) is 0 Å². The van der Waals surface area contributed by atoms with E-state index in [0.717, 1.165) is 0 Å². The monoisotopic (exact) mass is 314 g/mol. The van der Waals surface area contributed by atoms with E-state index in [1.807, 2.05) is 0 Å². The van der Waals surface area contributed by atoms with Crippen molar-refractivity contribution in [1.82, 2.24) is 0 Å². The van der Waals surface area contributed by atoms with Crippen LogP contribution in [0.25, 0.3) is 0 Å². The molecule has 0 saturated heterocycles. The summed E-state index contributed by atoms with van der Waals surface area (Å²) in [6.07, 6.45) is 0.668. The normalized spacial score (nSPS) is 14.8. The van der Waals surface area contributed by atoms with Gasteiger partial charge in [0, 0.05) is 5.33 Å². The highest BCUT2D eigenvalue weighted by atomic mass is 79.9. The number of alkyl halides is 1. The summed E-state index contributed by atoms with van der Waals surface area (Å²) in [5, 5.41) is 0.457. The van der Waals surface area contributed by atoms with E-state index in [1.54, 1.807) is 0 Å². The maximum atomic E-state index is 10.8. The van der Waals surface area contributed by atoms with Crippen LogP contribution in [0, 0.1) is 0 Å². The summed E-state index contributed by atoms with van der Waals surface area (Å²) < 4.78 is 18.7. The average Bonchev–Trinajstić information content (AvgIpc) is 2.02. The van der Waals surface area contributed by atoms with Crippen LogP contribution in [0.4, 0.5) is 0 Å². The van der Waals surface area contributed by atoms with E-state index in [9.17, 15) is 4.57 Å². The van der Waals surface area contributed by atoms with E-state index in [0.29, 0.717) is 11.6 Å². The number of halogens is 3. The lowest BCUT2D eigenvalue weighted by Gasteiger charge is -2.07. The Balaban J connectivity index is 3.80. The molecule has 0 rings (SSSR count). The van der Waals surface area contributed by atoms with Crippen LogP contribution in [0.2, 0.25) is 0 Å². The maximum absolute atomic E-state index is 10.8. The molecule has 0 heterocycles. The maximum Gasteiger partial charge on any atom is 0.554 e. The number of hydrogen-bond donors (Lipinski definition) is 1. The highest BCUT2D eigenvalue weighted by molar-refractivity contribution is 9.09. The van der Waals surface area contributed by atoms with Crippen molar-refractivity contribution in [2.45, 2.75) is 0 Å². The van der Waals surface area contributed by atoms with Crippen LogP contribution < -0.4 is 0 Å². The zero-order valence-electron chi connectivity index (χ0n) is 6.15. The Bertz CT molecular complexity index is 219. The molecule has 5 nitrogen and oxygen atoms in total. The van der Waals surface area contributed by atoms with Crippen LogP contribution in [0.1, 0.15) is 0 Å². The van der Waals surface area contributed by atoms with E-state index >= 15 is 0 Å². The Morgan fingerprint density at radius 3 is 2.69 bits per heavy atom. The minimum absolute atomic E-state index is 0.103. The van der Waals surface area contributed by atoms with E-state index in [-0.39, 0.29) is 11.1 Å². The second-order valence-electron chi connectivity index (χ2n) is 1.57. The van der Waals surface area contributed by atoms with Gasteiger partial charge in [-0.1, -0.05) is 39.1 Å². The fourth-order valence-corrected chi connectivity index (χ4v) is 1.09. The van der Waals surface area contributed by atoms with Gasteiger partial charge in [-0.25, -0.2) is 9.45 Å². The SMILES string of the molecule is O=P(O)(OC=C(Cl)Cl)OOCCBr. The van der Waals surface area contributed by atoms with Gasteiger partial charge in [-0.05, 0) is 0 Å². The first-order valence-electron chi connectivity index (χ1n) is 2.87. The molecule has 0 amide bonds. The molecule has 0 aliphatic carbocycles. The van der Waals surface area contributed by atoms with Crippen LogP contribution in [-0.4, -0.2) is 16.8 Å². The first-order chi connectivity index (χ1) is 5.98. The summed E-state index contributed by atoms with van der Waals surface area (Å²) in [5.41, 5.74) is 0. The molecule has 0 bridgehead atoms. The Morgan fingerprint density at radius 2 is 2.23 bits per heavy atom. The van der Waals surface area contributed by atoms with Crippen molar-refractivity contribution in [3.05, 3.63) is 10.8 Å². The number of rotatable bonds is 6. The topological polar surface area (TPSA) is 65.0 Å². The third-order valence-corrected chi connectivity index (χ3v) is 1.75.